The van der Waals surface area contributed by atoms with Crippen molar-refractivity contribution in [1.82, 2.24) is 5.32 Å². The molecular formula is C22H19ClFNO2S. The van der Waals surface area contributed by atoms with Crippen molar-refractivity contribution in [3.63, 3.8) is 0 Å². The Bertz CT molecular complexity index is 963. The summed E-state index contributed by atoms with van der Waals surface area (Å²) in [7, 11) is 1.58. The van der Waals surface area contributed by atoms with Crippen LogP contribution in [0.25, 0.3) is 0 Å². The molecule has 0 radical (unpaired) electrons. The van der Waals surface area contributed by atoms with Gasteiger partial charge in [-0.2, -0.15) is 0 Å². The van der Waals surface area contributed by atoms with Gasteiger partial charge >= 0.3 is 0 Å². The third kappa shape index (κ3) is 5.00. The van der Waals surface area contributed by atoms with Gasteiger partial charge in [0, 0.05) is 17.1 Å². The molecule has 0 amide bonds. The highest BCUT2D eigenvalue weighted by Crippen LogP contribution is 2.32. The first-order valence-electron chi connectivity index (χ1n) is 8.64. The number of para-hydroxylation sites is 1. The molecule has 3 aromatic carbocycles. The molecule has 144 valence electrons. The molecule has 3 rings (SSSR count). The van der Waals surface area contributed by atoms with Crippen LogP contribution in [0.3, 0.4) is 0 Å². The first kappa shape index (κ1) is 20.1. The van der Waals surface area contributed by atoms with Crippen molar-refractivity contribution in [2.45, 2.75) is 13.2 Å². The average Bonchev–Trinajstić information content (AvgIpc) is 2.72. The molecule has 0 aliphatic rings. The first-order chi connectivity index (χ1) is 13.6. The Labute approximate surface area is 174 Å². The summed E-state index contributed by atoms with van der Waals surface area (Å²) in [6.07, 6.45) is 0. The largest absolute Gasteiger partial charge is 0.493 e. The van der Waals surface area contributed by atoms with E-state index in [1.807, 2.05) is 42.5 Å². The number of halogens is 2. The van der Waals surface area contributed by atoms with Gasteiger partial charge in [0.15, 0.2) is 11.5 Å². The molecule has 0 saturated carbocycles. The van der Waals surface area contributed by atoms with Crippen LogP contribution in [0.15, 0.2) is 66.7 Å². The standard InChI is InChI=1S/C22H19ClFNO2S/c1-26-20-8-4-6-18(21(20)27-14-16-5-2-3-7-19(16)23)22(28)25-13-15-9-11-17(24)12-10-15/h2-12H,13-14H2,1H3,(H,25,28). The number of thiocarbonyl (C=S) groups is 1. The third-order valence-electron chi connectivity index (χ3n) is 4.14. The predicted octanol–water partition coefficient (Wildman–Crippen LogP) is 5.53. The van der Waals surface area contributed by atoms with Gasteiger partial charge in [0.2, 0.25) is 0 Å². The zero-order valence-corrected chi connectivity index (χ0v) is 16.8. The first-order valence-corrected chi connectivity index (χ1v) is 9.43. The molecule has 0 bridgehead atoms. The lowest BCUT2D eigenvalue weighted by Gasteiger charge is -2.17. The van der Waals surface area contributed by atoms with Crippen molar-refractivity contribution in [3.05, 3.63) is 94.3 Å². The van der Waals surface area contributed by atoms with Crippen LogP contribution >= 0.6 is 23.8 Å². The van der Waals surface area contributed by atoms with Crippen LogP contribution < -0.4 is 14.8 Å². The quantitative estimate of drug-likeness (QED) is 0.514. The van der Waals surface area contributed by atoms with Crippen molar-refractivity contribution in [1.29, 1.82) is 0 Å². The molecule has 0 aliphatic carbocycles. The van der Waals surface area contributed by atoms with E-state index in [0.717, 1.165) is 11.1 Å². The summed E-state index contributed by atoms with van der Waals surface area (Å²) in [6.45, 7) is 0.758. The van der Waals surface area contributed by atoms with Gasteiger partial charge in [0.1, 0.15) is 17.4 Å². The van der Waals surface area contributed by atoms with Gasteiger partial charge in [0.25, 0.3) is 0 Å². The molecular weight excluding hydrogens is 397 g/mol. The maximum absolute atomic E-state index is 13.1. The smallest absolute Gasteiger partial charge is 0.171 e. The van der Waals surface area contributed by atoms with E-state index in [4.69, 9.17) is 33.3 Å². The summed E-state index contributed by atoms with van der Waals surface area (Å²) >= 11 is 11.8. The van der Waals surface area contributed by atoms with E-state index in [0.29, 0.717) is 33.6 Å². The van der Waals surface area contributed by atoms with Crippen LogP contribution in [0.2, 0.25) is 5.02 Å². The lowest BCUT2D eigenvalue weighted by molar-refractivity contribution is 0.284. The van der Waals surface area contributed by atoms with Crippen molar-refractivity contribution in [2.24, 2.45) is 0 Å². The van der Waals surface area contributed by atoms with Crippen molar-refractivity contribution in [2.75, 3.05) is 7.11 Å². The van der Waals surface area contributed by atoms with Crippen LogP contribution in [-0.2, 0) is 13.2 Å². The number of benzene rings is 3. The molecule has 0 atom stereocenters. The molecule has 3 aromatic rings. The van der Waals surface area contributed by atoms with E-state index >= 15 is 0 Å². The van der Waals surface area contributed by atoms with Crippen molar-refractivity contribution < 1.29 is 13.9 Å². The molecule has 0 aliphatic heterocycles. The van der Waals surface area contributed by atoms with E-state index in [2.05, 4.69) is 5.32 Å². The third-order valence-corrected chi connectivity index (χ3v) is 4.87. The Morgan fingerprint density at radius 2 is 1.79 bits per heavy atom. The minimum Gasteiger partial charge on any atom is -0.493 e. The minimum atomic E-state index is -0.269. The Balaban J connectivity index is 1.77. The van der Waals surface area contributed by atoms with Crippen molar-refractivity contribution in [3.8, 4) is 11.5 Å². The summed E-state index contributed by atoms with van der Waals surface area (Å²) in [5.41, 5.74) is 2.50. The second kappa shape index (κ2) is 9.53. The van der Waals surface area contributed by atoms with Gasteiger partial charge in [-0.3, -0.25) is 0 Å². The predicted molar refractivity (Wildman–Crippen MR) is 114 cm³/mol. The summed E-state index contributed by atoms with van der Waals surface area (Å²) in [4.78, 5) is 0.511. The van der Waals surface area contributed by atoms with Gasteiger partial charge in [-0.1, -0.05) is 60.2 Å². The second-order valence-electron chi connectivity index (χ2n) is 6.03. The zero-order valence-electron chi connectivity index (χ0n) is 15.2. The Morgan fingerprint density at radius 1 is 1.04 bits per heavy atom. The van der Waals surface area contributed by atoms with Crippen LogP contribution in [0.1, 0.15) is 16.7 Å². The Hall–Kier alpha value is -2.63. The van der Waals surface area contributed by atoms with E-state index in [1.165, 1.54) is 12.1 Å². The second-order valence-corrected chi connectivity index (χ2v) is 6.84. The van der Waals surface area contributed by atoms with Gasteiger partial charge in [-0.25, -0.2) is 4.39 Å². The normalized spacial score (nSPS) is 10.4. The highest BCUT2D eigenvalue weighted by atomic mass is 35.5. The summed E-state index contributed by atoms with van der Waals surface area (Å²) < 4.78 is 24.5. The number of methoxy groups -OCH3 is 1. The lowest BCUT2D eigenvalue weighted by atomic mass is 10.1. The average molecular weight is 416 g/mol. The van der Waals surface area contributed by atoms with Crippen LogP contribution in [-0.4, -0.2) is 12.1 Å². The molecule has 0 aromatic heterocycles. The number of hydrogen-bond acceptors (Lipinski definition) is 3. The molecule has 0 unspecified atom stereocenters. The minimum absolute atomic E-state index is 0.269. The molecule has 3 nitrogen and oxygen atoms in total. The fraction of sp³-hybridized carbons (Fsp3) is 0.136. The van der Waals surface area contributed by atoms with Crippen LogP contribution in [0, 0.1) is 5.82 Å². The topological polar surface area (TPSA) is 30.5 Å². The van der Waals surface area contributed by atoms with Crippen molar-refractivity contribution >= 4 is 28.8 Å². The lowest BCUT2D eigenvalue weighted by Crippen LogP contribution is -2.22. The number of ether oxygens (including phenoxy) is 2. The summed E-state index contributed by atoms with van der Waals surface area (Å²) in [5.74, 6) is 0.853. The summed E-state index contributed by atoms with van der Waals surface area (Å²) in [6, 6.07) is 19.3. The maximum atomic E-state index is 13.1. The fourth-order valence-electron chi connectivity index (χ4n) is 2.65. The number of hydrogen-bond donors (Lipinski definition) is 1. The van der Waals surface area contributed by atoms with E-state index in [1.54, 1.807) is 19.2 Å². The summed E-state index contributed by atoms with van der Waals surface area (Å²) in [5, 5.41) is 3.82. The van der Waals surface area contributed by atoms with Gasteiger partial charge in [-0.05, 0) is 35.9 Å². The molecule has 0 heterocycles. The van der Waals surface area contributed by atoms with Gasteiger partial charge < -0.3 is 14.8 Å². The Kier molecular flexibility index (Phi) is 6.85. The molecule has 0 saturated heterocycles. The Morgan fingerprint density at radius 3 is 2.50 bits per heavy atom. The maximum Gasteiger partial charge on any atom is 0.171 e. The number of rotatable bonds is 7. The molecule has 6 heteroatoms. The highest BCUT2D eigenvalue weighted by molar-refractivity contribution is 7.80. The molecule has 0 fully saturated rings. The number of nitrogens with one attached hydrogen (secondary N) is 1. The highest BCUT2D eigenvalue weighted by Gasteiger charge is 2.15. The fourth-order valence-corrected chi connectivity index (χ4v) is 3.07. The van der Waals surface area contributed by atoms with Gasteiger partial charge in [0.05, 0.1) is 12.7 Å². The van der Waals surface area contributed by atoms with E-state index in [9.17, 15) is 4.39 Å². The van der Waals surface area contributed by atoms with Gasteiger partial charge in [-0.15, -0.1) is 0 Å². The van der Waals surface area contributed by atoms with E-state index < -0.39 is 0 Å². The molecule has 1 N–H and O–H groups in total. The zero-order chi connectivity index (χ0) is 19.9. The van der Waals surface area contributed by atoms with Crippen LogP contribution in [0.4, 0.5) is 4.39 Å². The van der Waals surface area contributed by atoms with Crippen LogP contribution in [0.5, 0.6) is 11.5 Å². The monoisotopic (exact) mass is 415 g/mol. The SMILES string of the molecule is COc1cccc(C(=S)NCc2ccc(F)cc2)c1OCc1ccccc1Cl. The molecule has 0 spiro atoms. The molecule has 28 heavy (non-hydrogen) atoms. The van der Waals surface area contributed by atoms with E-state index in [-0.39, 0.29) is 12.4 Å².